The normalized spacial score (nSPS) is 20.0. The van der Waals surface area contributed by atoms with Gasteiger partial charge in [0.2, 0.25) is 0 Å². The molecule has 2 rings (SSSR count). The van der Waals surface area contributed by atoms with Crippen LogP contribution in [0, 0.1) is 0 Å². The Hall–Kier alpha value is -1.55. The number of benzene rings is 1. The molecular weight excluding hydrogens is 230 g/mol. The van der Waals surface area contributed by atoms with Crippen LogP contribution < -0.4 is 10.5 Å². The number of nitrogens with two attached hydrogens (primary N) is 1. The van der Waals surface area contributed by atoms with Gasteiger partial charge in [-0.2, -0.15) is 0 Å². The Balaban J connectivity index is 2.28. The summed E-state index contributed by atoms with van der Waals surface area (Å²) in [7, 11) is 0. The number of hydrogen-bond acceptors (Lipinski definition) is 3. The maximum Gasteiger partial charge on any atom is 0.344 e. The smallest absolute Gasteiger partial charge is 0.344 e. The van der Waals surface area contributed by atoms with Crippen molar-refractivity contribution in [2.75, 3.05) is 0 Å². The van der Waals surface area contributed by atoms with Gasteiger partial charge in [-0.1, -0.05) is 19.1 Å². The van der Waals surface area contributed by atoms with E-state index in [4.69, 9.17) is 15.6 Å². The molecule has 1 aliphatic rings. The van der Waals surface area contributed by atoms with Crippen molar-refractivity contribution in [2.24, 2.45) is 5.73 Å². The summed E-state index contributed by atoms with van der Waals surface area (Å²) >= 11 is 0. The van der Waals surface area contributed by atoms with Crippen LogP contribution in [0.15, 0.2) is 18.2 Å². The van der Waals surface area contributed by atoms with Gasteiger partial charge in [0.05, 0.1) is 0 Å². The maximum absolute atomic E-state index is 11.0. The van der Waals surface area contributed by atoms with E-state index in [2.05, 4.69) is 0 Å². The highest BCUT2D eigenvalue weighted by molar-refractivity contribution is 5.72. The number of carbonyl (C=O) groups is 1. The lowest BCUT2D eigenvalue weighted by molar-refractivity contribution is -0.145. The van der Waals surface area contributed by atoms with Gasteiger partial charge in [-0.25, -0.2) is 4.79 Å². The number of hydrogen-bond donors (Lipinski definition) is 2. The molecule has 0 aliphatic heterocycles. The van der Waals surface area contributed by atoms with Crippen LogP contribution in [0.1, 0.15) is 43.4 Å². The molecule has 2 unspecified atom stereocenters. The molecule has 0 aromatic heterocycles. The Morgan fingerprint density at radius 2 is 2.39 bits per heavy atom. The first kappa shape index (κ1) is 12.9. The fraction of sp³-hybridized carbons (Fsp3) is 0.500. The van der Waals surface area contributed by atoms with Crippen LogP contribution in [0.4, 0.5) is 0 Å². The zero-order valence-electron chi connectivity index (χ0n) is 10.6. The third kappa shape index (κ3) is 2.48. The fourth-order valence-electron chi connectivity index (χ4n) is 2.42. The molecule has 0 fully saturated rings. The minimum absolute atomic E-state index is 0.0437. The molecule has 1 aliphatic carbocycles. The number of carboxylic acids is 1. The van der Waals surface area contributed by atoms with Gasteiger partial charge in [0.25, 0.3) is 0 Å². The van der Waals surface area contributed by atoms with Crippen molar-refractivity contribution < 1.29 is 14.6 Å². The second-order valence-electron chi connectivity index (χ2n) is 4.68. The summed E-state index contributed by atoms with van der Waals surface area (Å²) in [6.45, 7) is 1.81. The molecule has 0 bridgehead atoms. The van der Waals surface area contributed by atoms with Gasteiger partial charge in [-0.05, 0) is 42.9 Å². The molecule has 0 spiro atoms. The lowest BCUT2D eigenvalue weighted by Crippen LogP contribution is -2.27. The zero-order valence-corrected chi connectivity index (χ0v) is 10.6. The van der Waals surface area contributed by atoms with Crippen molar-refractivity contribution in [3.63, 3.8) is 0 Å². The molecule has 4 nitrogen and oxygen atoms in total. The molecule has 0 heterocycles. The second kappa shape index (κ2) is 5.40. The summed E-state index contributed by atoms with van der Waals surface area (Å²) in [4.78, 5) is 11.0. The van der Waals surface area contributed by atoms with Crippen molar-refractivity contribution in [1.82, 2.24) is 0 Å². The van der Waals surface area contributed by atoms with Gasteiger partial charge >= 0.3 is 5.97 Å². The first-order valence-electron chi connectivity index (χ1n) is 6.40. The summed E-state index contributed by atoms with van der Waals surface area (Å²) in [6, 6.07) is 5.77. The zero-order chi connectivity index (χ0) is 13.1. The largest absolute Gasteiger partial charge is 0.479 e. The van der Waals surface area contributed by atoms with Crippen LogP contribution in [0.25, 0.3) is 0 Å². The number of carboxylic acid groups (broad SMARTS) is 1. The number of fused-ring (bicyclic) bond motifs is 1. The summed E-state index contributed by atoms with van der Waals surface area (Å²) in [5.74, 6) is -0.243. The van der Waals surface area contributed by atoms with Crippen molar-refractivity contribution >= 4 is 5.97 Å². The van der Waals surface area contributed by atoms with E-state index < -0.39 is 12.1 Å². The molecule has 0 saturated carbocycles. The minimum Gasteiger partial charge on any atom is -0.479 e. The van der Waals surface area contributed by atoms with Gasteiger partial charge in [-0.15, -0.1) is 0 Å². The second-order valence-corrected chi connectivity index (χ2v) is 4.68. The summed E-state index contributed by atoms with van der Waals surface area (Å²) in [5.41, 5.74) is 8.24. The molecule has 0 radical (unpaired) electrons. The number of rotatable bonds is 4. The Bertz CT molecular complexity index is 445. The highest BCUT2D eigenvalue weighted by Gasteiger charge is 2.23. The van der Waals surface area contributed by atoms with E-state index in [9.17, 15) is 4.79 Å². The number of ether oxygens (including phenoxy) is 1. The van der Waals surface area contributed by atoms with E-state index in [0.717, 1.165) is 30.4 Å². The standard InChI is InChI=1S/C14H19NO3/c1-2-12(14(16)17)18-13-8-4-5-9-10(13)6-3-7-11(9)15/h4-5,8,11-12H,2-3,6-7,15H2,1H3,(H,16,17). The first-order valence-corrected chi connectivity index (χ1v) is 6.40. The quantitative estimate of drug-likeness (QED) is 0.858. The van der Waals surface area contributed by atoms with E-state index in [1.54, 1.807) is 6.92 Å². The third-order valence-electron chi connectivity index (χ3n) is 3.43. The van der Waals surface area contributed by atoms with E-state index in [1.165, 1.54) is 0 Å². The van der Waals surface area contributed by atoms with Gasteiger partial charge in [0.1, 0.15) is 5.75 Å². The van der Waals surface area contributed by atoms with E-state index in [-0.39, 0.29) is 6.04 Å². The van der Waals surface area contributed by atoms with Crippen LogP contribution in [0.2, 0.25) is 0 Å². The van der Waals surface area contributed by atoms with Crippen LogP contribution in [-0.4, -0.2) is 17.2 Å². The predicted molar refractivity (Wildman–Crippen MR) is 68.7 cm³/mol. The molecule has 4 heteroatoms. The lowest BCUT2D eigenvalue weighted by Gasteiger charge is -2.25. The monoisotopic (exact) mass is 249 g/mol. The lowest BCUT2D eigenvalue weighted by atomic mass is 9.87. The molecule has 1 aromatic carbocycles. The minimum atomic E-state index is -0.921. The van der Waals surface area contributed by atoms with E-state index in [0.29, 0.717) is 12.2 Å². The summed E-state index contributed by atoms with van der Waals surface area (Å²) in [5, 5.41) is 9.04. The molecular formula is C14H19NO3. The van der Waals surface area contributed by atoms with Crippen LogP contribution >= 0.6 is 0 Å². The molecule has 2 atom stereocenters. The third-order valence-corrected chi connectivity index (χ3v) is 3.43. The highest BCUT2D eigenvalue weighted by Crippen LogP contribution is 2.34. The highest BCUT2D eigenvalue weighted by atomic mass is 16.5. The average molecular weight is 249 g/mol. The fourth-order valence-corrected chi connectivity index (χ4v) is 2.42. The van der Waals surface area contributed by atoms with Crippen molar-refractivity contribution in [3.05, 3.63) is 29.3 Å². The molecule has 3 N–H and O–H groups in total. The predicted octanol–water partition coefficient (Wildman–Crippen LogP) is 2.26. The van der Waals surface area contributed by atoms with Crippen LogP contribution in [0.3, 0.4) is 0 Å². The Kier molecular flexibility index (Phi) is 3.87. The molecule has 0 amide bonds. The molecule has 0 saturated heterocycles. The van der Waals surface area contributed by atoms with Gasteiger partial charge in [-0.3, -0.25) is 0 Å². The van der Waals surface area contributed by atoms with Gasteiger partial charge < -0.3 is 15.6 Å². The SMILES string of the molecule is CCC(Oc1cccc2c1CCCC2N)C(=O)O. The summed E-state index contributed by atoms with van der Waals surface area (Å²) < 4.78 is 5.62. The first-order chi connectivity index (χ1) is 8.63. The molecule has 18 heavy (non-hydrogen) atoms. The van der Waals surface area contributed by atoms with Crippen molar-refractivity contribution in [1.29, 1.82) is 0 Å². The van der Waals surface area contributed by atoms with Crippen molar-refractivity contribution in [2.45, 2.75) is 44.8 Å². The maximum atomic E-state index is 11.0. The van der Waals surface area contributed by atoms with Crippen molar-refractivity contribution in [3.8, 4) is 5.75 Å². The Labute approximate surface area is 107 Å². The average Bonchev–Trinajstić information content (AvgIpc) is 2.36. The van der Waals surface area contributed by atoms with E-state index in [1.807, 2.05) is 18.2 Å². The topological polar surface area (TPSA) is 72.5 Å². The summed E-state index contributed by atoms with van der Waals surface area (Å²) in [6.07, 6.45) is 2.58. The van der Waals surface area contributed by atoms with Crippen LogP contribution in [-0.2, 0) is 11.2 Å². The van der Waals surface area contributed by atoms with Crippen LogP contribution in [0.5, 0.6) is 5.75 Å². The Morgan fingerprint density at radius 1 is 1.61 bits per heavy atom. The van der Waals surface area contributed by atoms with E-state index >= 15 is 0 Å². The number of aliphatic carboxylic acids is 1. The van der Waals surface area contributed by atoms with Gasteiger partial charge in [0, 0.05) is 6.04 Å². The van der Waals surface area contributed by atoms with Gasteiger partial charge in [0.15, 0.2) is 6.10 Å². The Morgan fingerprint density at radius 3 is 3.06 bits per heavy atom. The molecule has 98 valence electrons. The molecule has 1 aromatic rings.